The van der Waals surface area contributed by atoms with Crippen molar-refractivity contribution < 1.29 is 19.5 Å². The number of thiophene rings is 1. The normalized spacial score (nSPS) is 12.0. The van der Waals surface area contributed by atoms with Gasteiger partial charge in [0.1, 0.15) is 6.04 Å². The number of unbranched alkanes of at least 4 members (excludes halogenated alkanes) is 1. The van der Waals surface area contributed by atoms with E-state index in [9.17, 15) is 14.4 Å². The molecule has 0 aliphatic rings. The molecule has 0 saturated carbocycles. The molecule has 0 spiro atoms. The molecular weight excluding hydrogens is 302 g/mol. The molecule has 1 atom stereocenters. The van der Waals surface area contributed by atoms with Crippen molar-refractivity contribution in [2.75, 3.05) is 0 Å². The van der Waals surface area contributed by atoms with Crippen LogP contribution in [-0.2, 0) is 9.59 Å². The Hall–Kier alpha value is -1.69. The standard InChI is InChI=1S/C16H23NO4S/c1-4-5-6-13(16(20)21)17-15(19)8-7-14(18)12-9-10(2)22-11(12)3/h9,13H,4-8H2,1-3H3,(H,17,19)(H,20,21)/t13-/m0/s1. The van der Waals surface area contributed by atoms with Crippen LogP contribution in [-0.4, -0.2) is 28.8 Å². The summed E-state index contributed by atoms with van der Waals surface area (Å²) in [6.07, 6.45) is 2.14. The van der Waals surface area contributed by atoms with Crippen molar-refractivity contribution in [2.24, 2.45) is 0 Å². The third-order valence-corrected chi connectivity index (χ3v) is 4.37. The zero-order valence-electron chi connectivity index (χ0n) is 13.3. The number of Topliss-reactive ketones (excluding diaryl/α,β-unsaturated/α-hetero) is 1. The lowest BCUT2D eigenvalue weighted by atomic mass is 10.1. The minimum atomic E-state index is -1.03. The van der Waals surface area contributed by atoms with E-state index >= 15 is 0 Å². The smallest absolute Gasteiger partial charge is 0.326 e. The first-order valence-corrected chi connectivity index (χ1v) is 8.29. The fourth-order valence-corrected chi connectivity index (χ4v) is 3.14. The van der Waals surface area contributed by atoms with Gasteiger partial charge in [-0.25, -0.2) is 4.79 Å². The summed E-state index contributed by atoms with van der Waals surface area (Å²) in [7, 11) is 0. The number of carbonyl (C=O) groups excluding carboxylic acids is 2. The van der Waals surface area contributed by atoms with Gasteiger partial charge in [0.05, 0.1) is 0 Å². The highest BCUT2D eigenvalue weighted by atomic mass is 32.1. The molecule has 6 heteroatoms. The Morgan fingerprint density at radius 1 is 1.27 bits per heavy atom. The Morgan fingerprint density at radius 3 is 2.45 bits per heavy atom. The monoisotopic (exact) mass is 325 g/mol. The maximum absolute atomic E-state index is 12.1. The molecule has 0 fully saturated rings. The molecule has 5 nitrogen and oxygen atoms in total. The molecule has 0 aromatic carbocycles. The molecule has 1 heterocycles. The molecule has 0 saturated heterocycles. The molecule has 1 rings (SSSR count). The molecule has 1 aromatic heterocycles. The van der Waals surface area contributed by atoms with Gasteiger partial charge in [0, 0.05) is 28.2 Å². The second-order valence-electron chi connectivity index (χ2n) is 5.35. The Kier molecular flexibility index (Phi) is 7.24. The topological polar surface area (TPSA) is 83.5 Å². The van der Waals surface area contributed by atoms with Gasteiger partial charge in [-0.1, -0.05) is 19.8 Å². The summed E-state index contributed by atoms with van der Waals surface area (Å²) in [5.41, 5.74) is 0.663. The van der Waals surface area contributed by atoms with Gasteiger partial charge in [0.2, 0.25) is 5.91 Å². The molecule has 22 heavy (non-hydrogen) atoms. The number of hydrogen-bond acceptors (Lipinski definition) is 4. The number of aryl methyl sites for hydroxylation is 2. The Morgan fingerprint density at radius 2 is 1.95 bits per heavy atom. The molecule has 122 valence electrons. The number of nitrogens with one attached hydrogen (secondary N) is 1. The fourth-order valence-electron chi connectivity index (χ4n) is 2.20. The van der Waals surface area contributed by atoms with E-state index in [0.717, 1.165) is 22.6 Å². The van der Waals surface area contributed by atoms with Crippen LogP contribution in [0.5, 0.6) is 0 Å². The van der Waals surface area contributed by atoms with Gasteiger partial charge < -0.3 is 10.4 Å². The third-order valence-electron chi connectivity index (χ3n) is 3.40. The lowest BCUT2D eigenvalue weighted by molar-refractivity contribution is -0.142. The molecule has 0 unspecified atom stereocenters. The van der Waals surface area contributed by atoms with Gasteiger partial charge in [0.15, 0.2) is 5.78 Å². The average Bonchev–Trinajstić information content (AvgIpc) is 2.79. The SMILES string of the molecule is CCCC[C@H](NC(=O)CCC(=O)c1cc(C)sc1C)C(=O)O. The van der Waals surface area contributed by atoms with E-state index in [2.05, 4.69) is 5.32 Å². The van der Waals surface area contributed by atoms with Crippen LogP contribution in [0.2, 0.25) is 0 Å². The summed E-state index contributed by atoms with van der Waals surface area (Å²) < 4.78 is 0. The third kappa shape index (κ3) is 5.60. The molecule has 0 radical (unpaired) electrons. The highest BCUT2D eigenvalue weighted by Crippen LogP contribution is 2.22. The van der Waals surface area contributed by atoms with E-state index < -0.39 is 12.0 Å². The molecule has 1 aromatic rings. The van der Waals surface area contributed by atoms with E-state index in [1.54, 1.807) is 11.3 Å². The van der Waals surface area contributed by atoms with Crippen molar-refractivity contribution in [3.63, 3.8) is 0 Å². The van der Waals surface area contributed by atoms with E-state index in [1.165, 1.54) is 0 Å². The molecule has 0 bridgehead atoms. The summed E-state index contributed by atoms with van der Waals surface area (Å²) in [5.74, 6) is -1.49. The van der Waals surface area contributed by atoms with Crippen LogP contribution in [0.15, 0.2) is 6.07 Å². The number of carboxylic acid groups (broad SMARTS) is 1. The summed E-state index contributed by atoms with van der Waals surface area (Å²) >= 11 is 1.56. The minimum Gasteiger partial charge on any atom is -0.480 e. The van der Waals surface area contributed by atoms with Gasteiger partial charge in [0.25, 0.3) is 0 Å². The number of carboxylic acids is 1. The van der Waals surface area contributed by atoms with Crippen molar-refractivity contribution in [1.29, 1.82) is 0 Å². The lowest BCUT2D eigenvalue weighted by Gasteiger charge is -2.13. The maximum Gasteiger partial charge on any atom is 0.326 e. The zero-order chi connectivity index (χ0) is 16.7. The number of hydrogen-bond donors (Lipinski definition) is 2. The molecule has 0 aliphatic heterocycles. The van der Waals surface area contributed by atoms with Crippen LogP contribution in [0, 0.1) is 13.8 Å². The van der Waals surface area contributed by atoms with Gasteiger partial charge in [-0.05, 0) is 26.3 Å². The highest BCUT2D eigenvalue weighted by Gasteiger charge is 2.20. The number of aliphatic carboxylic acids is 1. The average molecular weight is 325 g/mol. The number of rotatable bonds is 9. The highest BCUT2D eigenvalue weighted by molar-refractivity contribution is 7.12. The van der Waals surface area contributed by atoms with Crippen LogP contribution in [0.25, 0.3) is 0 Å². The first-order chi connectivity index (χ1) is 10.3. The Balaban J connectivity index is 2.49. The van der Waals surface area contributed by atoms with E-state index in [4.69, 9.17) is 5.11 Å². The predicted octanol–water partition coefficient (Wildman–Crippen LogP) is 3.09. The van der Waals surface area contributed by atoms with Gasteiger partial charge in [-0.2, -0.15) is 0 Å². The van der Waals surface area contributed by atoms with E-state index in [0.29, 0.717) is 12.0 Å². The summed E-state index contributed by atoms with van der Waals surface area (Å²) in [4.78, 5) is 37.0. The second-order valence-corrected chi connectivity index (χ2v) is 6.81. The number of ketones is 1. The van der Waals surface area contributed by atoms with Crippen molar-refractivity contribution in [3.05, 3.63) is 21.4 Å². The summed E-state index contributed by atoms with van der Waals surface area (Å²) in [6, 6.07) is 0.967. The molecule has 0 aliphatic carbocycles. The quantitative estimate of drug-likeness (QED) is 0.683. The first kappa shape index (κ1) is 18.4. The fraction of sp³-hybridized carbons (Fsp3) is 0.562. The lowest BCUT2D eigenvalue weighted by Crippen LogP contribution is -2.40. The van der Waals surface area contributed by atoms with Gasteiger partial charge >= 0.3 is 5.97 Å². The Labute approximate surface area is 134 Å². The summed E-state index contributed by atoms with van der Waals surface area (Å²) in [6.45, 7) is 5.78. The number of carbonyl (C=O) groups is 3. The summed E-state index contributed by atoms with van der Waals surface area (Å²) in [5, 5.41) is 11.6. The zero-order valence-corrected chi connectivity index (χ0v) is 14.1. The van der Waals surface area contributed by atoms with Crippen LogP contribution in [0.1, 0.15) is 59.1 Å². The number of amides is 1. The largest absolute Gasteiger partial charge is 0.480 e. The molecule has 1 amide bonds. The van der Waals surface area contributed by atoms with Crippen molar-refractivity contribution in [3.8, 4) is 0 Å². The maximum atomic E-state index is 12.1. The van der Waals surface area contributed by atoms with Gasteiger partial charge in [-0.3, -0.25) is 9.59 Å². The van der Waals surface area contributed by atoms with Crippen LogP contribution in [0.3, 0.4) is 0 Å². The second kappa shape index (κ2) is 8.68. The van der Waals surface area contributed by atoms with Crippen LogP contribution in [0.4, 0.5) is 0 Å². The van der Waals surface area contributed by atoms with Gasteiger partial charge in [-0.15, -0.1) is 11.3 Å². The first-order valence-electron chi connectivity index (χ1n) is 7.47. The van der Waals surface area contributed by atoms with Crippen molar-refractivity contribution >= 4 is 29.0 Å². The van der Waals surface area contributed by atoms with Crippen molar-refractivity contribution in [2.45, 2.75) is 58.9 Å². The molecular formula is C16H23NO4S. The predicted molar refractivity (Wildman–Crippen MR) is 86.4 cm³/mol. The van der Waals surface area contributed by atoms with Crippen LogP contribution < -0.4 is 5.32 Å². The van der Waals surface area contributed by atoms with E-state index in [1.807, 2.05) is 26.8 Å². The van der Waals surface area contributed by atoms with Crippen molar-refractivity contribution in [1.82, 2.24) is 5.32 Å². The molecule has 2 N–H and O–H groups in total. The van der Waals surface area contributed by atoms with E-state index in [-0.39, 0.29) is 24.5 Å². The van der Waals surface area contributed by atoms with Crippen LogP contribution >= 0.6 is 11.3 Å². The minimum absolute atomic E-state index is 0.0169. The Bertz CT molecular complexity index is 550.